The highest BCUT2D eigenvalue weighted by Gasteiger charge is 2.17. The molecule has 2 heterocycles. The maximum atomic E-state index is 13.5. The molecule has 5 nitrogen and oxygen atoms in total. The molecule has 0 atom stereocenters. The topological polar surface area (TPSA) is 66.7 Å². The number of phenols is 1. The molecule has 0 aliphatic rings. The van der Waals surface area contributed by atoms with Crippen LogP contribution < -0.4 is 0 Å². The van der Waals surface area contributed by atoms with Gasteiger partial charge in [0.15, 0.2) is 0 Å². The van der Waals surface area contributed by atoms with Crippen LogP contribution in [0.2, 0.25) is 0 Å². The average molecular weight is 336 g/mol. The predicted molar refractivity (Wildman–Crippen MR) is 94.8 cm³/mol. The van der Waals surface area contributed by atoms with Gasteiger partial charge in [-0.1, -0.05) is 18.2 Å². The van der Waals surface area contributed by atoms with E-state index in [1.807, 2.05) is 28.9 Å². The number of aromatic amines is 1. The molecule has 25 heavy (non-hydrogen) atoms. The van der Waals surface area contributed by atoms with E-state index in [1.54, 1.807) is 6.07 Å². The number of fused-ring (bicyclic) bond motifs is 1. The minimum absolute atomic E-state index is 0.0167. The summed E-state index contributed by atoms with van der Waals surface area (Å²) in [5.41, 5.74) is 3.34. The Morgan fingerprint density at radius 3 is 2.72 bits per heavy atom. The third kappa shape index (κ3) is 2.55. The number of para-hydroxylation sites is 1. The van der Waals surface area contributed by atoms with Crippen LogP contribution in [0.25, 0.3) is 33.5 Å². The minimum atomic E-state index is -0.424. The van der Waals surface area contributed by atoms with Crippen molar-refractivity contribution < 1.29 is 9.50 Å². The van der Waals surface area contributed by atoms with E-state index in [-0.39, 0.29) is 11.8 Å². The maximum absolute atomic E-state index is 13.5. The number of nitrogens with zero attached hydrogens (tertiary/aromatic N) is 3. The first-order valence-corrected chi connectivity index (χ1v) is 8.06. The first kappa shape index (κ1) is 15.4. The molecule has 0 radical (unpaired) electrons. The summed E-state index contributed by atoms with van der Waals surface area (Å²) >= 11 is 0. The van der Waals surface area contributed by atoms with E-state index in [2.05, 4.69) is 24.0 Å². The molecule has 6 heteroatoms. The number of benzene rings is 2. The van der Waals surface area contributed by atoms with Crippen molar-refractivity contribution in [3.63, 3.8) is 0 Å². The molecule has 0 unspecified atom stereocenters. The van der Waals surface area contributed by atoms with Crippen molar-refractivity contribution in [3.05, 3.63) is 54.3 Å². The van der Waals surface area contributed by atoms with Crippen LogP contribution in [-0.4, -0.2) is 25.1 Å². The monoisotopic (exact) mass is 336 g/mol. The molecule has 0 saturated carbocycles. The Morgan fingerprint density at radius 1 is 1.12 bits per heavy atom. The third-order valence-corrected chi connectivity index (χ3v) is 4.17. The van der Waals surface area contributed by atoms with Crippen LogP contribution in [0.5, 0.6) is 5.75 Å². The van der Waals surface area contributed by atoms with Crippen LogP contribution in [0, 0.1) is 5.82 Å². The molecule has 0 spiro atoms. The Hall–Kier alpha value is -3.15. The lowest BCUT2D eigenvalue weighted by Crippen LogP contribution is -2.02. The van der Waals surface area contributed by atoms with E-state index < -0.39 is 5.82 Å². The second kappa shape index (κ2) is 5.73. The summed E-state index contributed by atoms with van der Waals surface area (Å²) in [4.78, 5) is 0. The van der Waals surface area contributed by atoms with E-state index in [0.717, 1.165) is 16.6 Å². The molecule has 4 aromatic rings. The van der Waals surface area contributed by atoms with Crippen LogP contribution in [-0.2, 0) is 0 Å². The molecule has 2 N–H and O–H groups in total. The molecule has 0 amide bonds. The normalized spacial score (nSPS) is 11.5. The van der Waals surface area contributed by atoms with E-state index in [1.165, 1.54) is 18.2 Å². The third-order valence-electron chi connectivity index (χ3n) is 4.17. The second-order valence-corrected chi connectivity index (χ2v) is 6.23. The van der Waals surface area contributed by atoms with Gasteiger partial charge in [0, 0.05) is 17.0 Å². The van der Waals surface area contributed by atoms with Gasteiger partial charge in [-0.25, -0.2) is 4.39 Å². The molecular weight excluding hydrogens is 319 g/mol. The van der Waals surface area contributed by atoms with Crippen LogP contribution >= 0.6 is 0 Å². The van der Waals surface area contributed by atoms with Crippen LogP contribution in [0.3, 0.4) is 0 Å². The fraction of sp³-hybridized carbons (Fsp3) is 0.158. The number of halogens is 1. The first-order valence-electron chi connectivity index (χ1n) is 8.06. The van der Waals surface area contributed by atoms with E-state index in [4.69, 9.17) is 5.10 Å². The Balaban J connectivity index is 1.86. The van der Waals surface area contributed by atoms with Gasteiger partial charge in [0.05, 0.1) is 16.9 Å². The average Bonchev–Trinajstić information content (AvgIpc) is 3.21. The fourth-order valence-electron chi connectivity index (χ4n) is 2.98. The summed E-state index contributed by atoms with van der Waals surface area (Å²) in [7, 11) is 0. The highest BCUT2D eigenvalue weighted by atomic mass is 19.1. The fourth-order valence-corrected chi connectivity index (χ4v) is 2.98. The number of H-pyrrole nitrogens is 1. The zero-order valence-corrected chi connectivity index (χ0v) is 13.9. The zero-order valence-electron chi connectivity index (χ0n) is 13.9. The van der Waals surface area contributed by atoms with Crippen molar-refractivity contribution in [2.45, 2.75) is 19.9 Å². The highest BCUT2D eigenvalue weighted by molar-refractivity contribution is 5.93. The molecule has 4 rings (SSSR count). The molecule has 2 aromatic heterocycles. The van der Waals surface area contributed by atoms with Crippen molar-refractivity contribution in [1.29, 1.82) is 0 Å². The second-order valence-electron chi connectivity index (χ2n) is 6.23. The van der Waals surface area contributed by atoms with E-state index in [9.17, 15) is 9.50 Å². The Kier molecular flexibility index (Phi) is 3.53. The first-order chi connectivity index (χ1) is 12.0. The van der Waals surface area contributed by atoms with Crippen LogP contribution in [0.4, 0.5) is 4.39 Å². The van der Waals surface area contributed by atoms with Crippen molar-refractivity contribution >= 4 is 10.9 Å². The lowest BCUT2D eigenvalue weighted by molar-refractivity contribution is 0.475. The molecule has 0 saturated heterocycles. The Labute approximate surface area is 143 Å². The van der Waals surface area contributed by atoms with Crippen molar-refractivity contribution in [1.82, 2.24) is 20.0 Å². The summed E-state index contributed by atoms with van der Waals surface area (Å²) < 4.78 is 15.5. The summed E-state index contributed by atoms with van der Waals surface area (Å²) in [5, 5.41) is 22.9. The lowest BCUT2D eigenvalue weighted by atomic mass is 10.1. The number of aromatic hydroxyl groups is 1. The Bertz CT molecular complexity index is 1060. The molecule has 0 fully saturated rings. The van der Waals surface area contributed by atoms with E-state index in [0.29, 0.717) is 17.0 Å². The molecule has 0 aliphatic heterocycles. The standard InChI is InChI=1S/C19H17FN4O/c1-11(2)24-17-6-4-3-5-13(17)19(23-24)16-10-15(21-22-16)14-9-12(20)7-8-18(14)25/h3-11,25H,1-2H3,(H,21,22). The number of nitrogens with one attached hydrogen (secondary N) is 1. The van der Waals surface area contributed by atoms with E-state index >= 15 is 0 Å². The largest absolute Gasteiger partial charge is 0.507 e. The van der Waals surface area contributed by atoms with Gasteiger partial charge < -0.3 is 5.11 Å². The zero-order chi connectivity index (χ0) is 17.6. The molecular formula is C19H17FN4O. The van der Waals surface area contributed by atoms with Crippen molar-refractivity contribution in [2.24, 2.45) is 0 Å². The molecule has 126 valence electrons. The van der Waals surface area contributed by atoms with Gasteiger partial charge in [-0.3, -0.25) is 9.78 Å². The number of hydrogen-bond acceptors (Lipinski definition) is 3. The van der Waals surface area contributed by atoms with Gasteiger partial charge in [-0.2, -0.15) is 10.2 Å². The lowest BCUT2D eigenvalue weighted by Gasteiger charge is -2.05. The Morgan fingerprint density at radius 2 is 1.92 bits per heavy atom. The molecule has 2 aromatic carbocycles. The summed E-state index contributed by atoms with van der Waals surface area (Å²) in [6.45, 7) is 4.15. The number of rotatable bonds is 3. The quantitative estimate of drug-likeness (QED) is 0.578. The van der Waals surface area contributed by atoms with Gasteiger partial charge in [0.2, 0.25) is 0 Å². The SMILES string of the molecule is CC(C)n1nc(-c2cc(-c3cc(F)ccc3O)n[nH]2)c2ccccc21. The predicted octanol–water partition coefficient (Wildman–Crippen LogP) is 4.52. The summed E-state index contributed by atoms with van der Waals surface area (Å²) in [6, 6.07) is 13.8. The summed E-state index contributed by atoms with van der Waals surface area (Å²) in [5.74, 6) is -0.441. The van der Waals surface area contributed by atoms with Crippen molar-refractivity contribution in [3.8, 4) is 28.4 Å². The summed E-state index contributed by atoms with van der Waals surface area (Å²) in [6.07, 6.45) is 0. The smallest absolute Gasteiger partial charge is 0.125 e. The van der Waals surface area contributed by atoms with Crippen LogP contribution in [0.15, 0.2) is 48.5 Å². The number of phenolic OH excluding ortho intramolecular Hbond substituents is 1. The van der Waals surface area contributed by atoms with Gasteiger partial charge in [-0.05, 0) is 44.2 Å². The number of aromatic nitrogens is 4. The molecule has 0 bridgehead atoms. The maximum Gasteiger partial charge on any atom is 0.125 e. The van der Waals surface area contributed by atoms with Gasteiger partial charge in [0.25, 0.3) is 0 Å². The van der Waals surface area contributed by atoms with Crippen molar-refractivity contribution in [2.75, 3.05) is 0 Å². The van der Waals surface area contributed by atoms with Gasteiger partial charge >= 0.3 is 0 Å². The number of hydrogen-bond donors (Lipinski definition) is 2. The molecule has 0 aliphatic carbocycles. The highest BCUT2D eigenvalue weighted by Crippen LogP contribution is 2.33. The van der Waals surface area contributed by atoms with Gasteiger partial charge in [0.1, 0.15) is 17.3 Å². The van der Waals surface area contributed by atoms with Crippen LogP contribution in [0.1, 0.15) is 19.9 Å². The van der Waals surface area contributed by atoms with Gasteiger partial charge in [-0.15, -0.1) is 0 Å². The minimum Gasteiger partial charge on any atom is -0.507 e.